The van der Waals surface area contributed by atoms with Gasteiger partial charge in [-0.15, -0.1) is 5.53 Å². The smallest absolute Gasteiger partial charge is 0.407 e. The van der Waals surface area contributed by atoms with Crippen molar-refractivity contribution in [2.24, 2.45) is 0 Å². The van der Waals surface area contributed by atoms with E-state index in [9.17, 15) is 9.59 Å². The van der Waals surface area contributed by atoms with E-state index in [0.717, 1.165) is 17.8 Å². The number of nitrogens with one attached hydrogen (secondary N) is 5. The van der Waals surface area contributed by atoms with Gasteiger partial charge in [0.1, 0.15) is 6.61 Å². The molecule has 11 heteroatoms. The van der Waals surface area contributed by atoms with Gasteiger partial charge in [0.05, 0.1) is 17.9 Å². The Morgan fingerprint density at radius 1 is 1.10 bits per heavy atom. The number of hydrogen-bond donors (Lipinski definition) is 5. The van der Waals surface area contributed by atoms with Gasteiger partial charge >= 0.3 is 6.09 Å². The summed E-state index contributed by atoms with van der Waals surface area (Å²) in [5.41, 5.74) is 11.9. The highest BCUT2D eigenvalue weighted by atomic mass is 35.5. The van der Waals surface area contributed by atoms with Crippen molar-refractivity contribution in [2.45, 2.75) is 19.1 Å². The van der Waals surface area contributed by atoms with Crippen molar-refractivity contribution in [1.29, 1.82) is 0 Å². The molecule has 0 spiro atoms. The molecule has 0 aromatic heterocycles. The first-order valence-corrected chi connectivity index (χ1v) is 10.5. The molecule has 2 heterocycles. The first-order valence-electron chi connectivity index (χ1n) is 9.76. The van der Waals surface area contributed by atoms with Crippen LogP contribution in [0.5, 0.6) is 0 Å². The first kappa shape index (κ1) is 21.5. The van der Waals surface area contributed by atoms with Crippen LogP contribution in [0.2, 0.25) is 10.0 Å². The van der Waals surface area contributed by atoms with E-state index in [-0.39, 0.29) is 25.1 Å². The van der Waals surface area contributed by atoms with Gasteiger partial charge in [0.25, 0.3) is 0 Å². The molecule has 2 aromatic carbocycles. The van der Waals surface area contributed by atoms with E-state index < -0.39 is 6.09 Å². The predicted molar refractivity (Wildman–Crippen MR) is 120 cm³/mol. The molecule has 1 atom stereocenters. The fourth-order valence-corrected chi connectivity index (χ4v) is 4.12. The minimum atomic E-state index is -0.514. The number of likely N-dealkylation sites (tertiary alicyclic amines) is 1. The number of hydrogen-bond acceptors (Lipinski definition) is 7. The Labute approximate surface area is 189 Å². The second kappa shape index (κ2) is 9.61. The third-order valence-corrected chi connectivity index (χ3v) is 5.39. The predicted octanol–water partition coefficient (Wildman–Crippen LogP) is 3.19. The molecule has 0 radical (unpaired) electrons. The van der Waals surface area contributed by atoms with Crippen LogP contribution in [0.1, 0.15) is 12.0 Å². The van der Waals surface area contributed by atoms with Gasteiger partial charge in [0.2, 0.25) is 5.91 Å². The quantitative estimate of drug-likeness (QED) is 0.446. The third-order valence-electron chi connectivity index (χ3n) is 4.95. The van der Waals surface area contributed by atoms with E-state index in [1.807, 2.05) is 23.1 Å². The van der Waals surface area contributed by atoms with Crippen LogP contribution >= 0.6 is 23.2 Å². The van der Waals surface area contributed by atoms with Crippen molar-refractivity contribution < 1.29 is 14.3 Å². The number of amides is 2. The van der Waals surface area contributed by atoms with Gasteiger partial charge in [-0.3, -0.25) is 9.69 Å². The number of fused-ring (bicyclic) bond motifs is 1. The lowest BCUT2D eigenvalue weighted by atomic mass is 10.2. The van der Waals surface area contributed by atoms with E-state index in [4.69, 9.17) is 27.9 Å². The van der Waals surface area contributed by atoms with Crippen molar-refractivity contribution in [3.63, 3.8) is 0 Å². The number of benzene rings is 2. The highest BCUT2D eigenvalue weighted by molar-refractivity contribution is 6.34. The van der Waals surface area contributed by atoms with Crippen LogP contribution in [-0.4, -0.2) is 42.6 Å². The van der Waals surface area contributed by atoms with Gasteiger partial charge in [-0.25, -0.2) is 4.79 Å². The Morgan fingerprint density at radius 3 is 2.68 bits per heavy atom. The van der Waals surface area contributed by atoms with E-state index in [2.05, 4.69) is 27.0 Å². The second-order valence-electron chi connectivity index (χ2n) is 7.40. The zero-order valence-corrected chi connectivity index (χ0v) is 18.0. The van der Waals surface area contributed by atoms with Crippen molar-refractivity contribution in [3.8, 4) is 0 Å². The van der Waals surface area contributed by atoms with Gasteiger partial charge < -0.3 is 26.2 Å². The molecule has 31 heavy (non-hydrogen) atoms. The monoisotopic (exact) mass is 464 g/mol. The lowest BCUT2D eigenvalue weighted by molar-refractivity contribution is -0.117. The Morgan fingerprint density at radius 2 is 1.87 bits per heavy atom. The van der Waals surface area contributed by atoms with Crippen LogP contribution in [0.3, 0.4) is 0 Å². The Hall–Kier alpha value is -2.72. The number of ether oxygens (including phenoxy) is 1. The van der Waals surface area contributed by atoms with Crippen molar-refractivity contribution in [3.05, 3.63) is 52.0 Å². The maximum atomic E-state index is 12.4. The zero-order chi connectivity index (χ0) is 21.8. The van der Waals surface area contributed by atoms with E-state index in [0.29, 0.717) is 34.4 Å². The molecule has 0 aliphatic carbocycles. The molecular weight excluding hydrogens is 443 g/mol. The number of anilines is 3. The molecule has 5 N–H and O–H groups in total. The van der Waals surface area contributed by atoms with Crippen LogP contribution in [0.4, 0.5) is 21.9 Å². The van der Waals surface area contributed by atoms with Crippen molar-refractivity contribution >= 4 is 52.3 Å². The fourth-order valence-electron chi connectivity index (χ4n) is 3.55. The maximum Gasteiger partial charge on any atom is 0.407 e. The first-order chi connectivity index (χ1) is 14.9. The van der Waals surface area contributed by atoms with Crippen molar-refractivity contribution in [2.75, 3.05) is 35.8 Å². The van der Waals surface area contributed by atoms with Gasteiger partial charge in [0.15, 0.2) is 0 Å². The standard InChI is InChI=1S/C20H22Cl2N6O3/c21-13-5-12(6-14(22)7-13)11-31-20(30)24-16-3-4-28(9-16)10-19(29)23-15-1-2-17-18(8-15)26-27-25-17/h1-2,5-8,16,25-27H,3-4,9-11H2,(H,23,29)(H,24,30). The minimum absolute atomic E-state index is 0.0750. The summed E-state index contributed by atoms with van der Waals surface area (Å²) < 4.78 is 5.25. The van der Waals surface area contributed by atoms with Gasteiger partial charge in [-0.2, -0.15) is 0 Å². The summed E-state index contributed by atoms with van der Waals surface area (Å²) in [6.45, 7) is 1.60. The van der Waals surface area contributed by atoms with Crippen LogP contribution in [0.25, 0.3) is 0 Å². The number of carbonyl (C=O) groups excluding carboxylic acids is 2. The van der Waals surface area contributed by atoms with Crippen LogP contribution < -0.4 is 27.0 Å². The topological polar surface area (TPSA) is 107 Å². The largest absolute Gasteiger partial charge is 0.445 e. The highest BCUT2D eigenvalue weighted by Gasteiger charge is 2.26. The normalized spacial score (nSPS) is 17.4. The molecule has 1 fully saturated rings. The molecule has 4 rings (SSSR count). The number of halogens is 2. The summed E-state index contributed by atoms with van der Waals surface area (Å²) in [5, 5.41) is 6.70. The van der Waals surface area contributed by atoms with E-state index in [1.165, 1.54) is 0 Å². The van der Waals surface area contributed by atoms with Crippen molar-refractivity contribution in [1.82, 2.24) is 15.8 Å². The summed E-state index contributed by atoms with van der Waals surface area (Å²) in [4.78, 5) is 26.5. The number of carbonyl (C=O) groups is 2. The van der Waals surface area contributed by atoms with Crippen LogP contribution in [-0.2, 0) is 16.1 Å². The van der Waals surface area contributed by atoms with Gasteiger partial charge in [0, 0.05) is 34.9 Å². The van der Waals surface area contributed by atoms with Gasteiger partial charge in [-0.05, 0) is 48.4 Å². The SMILES string of the molecule is O=C(CN1CCC(NC(=O)OCc2cc(Cl)cc(Cl)c2)C1)Nc1ccc2c(c1)NNN2. The molecule has 1 unspecified atom stereocenters. The molecule has 2 aromatic rings. The zero-order valence-electron chi connectivity index (χ0n) is 16.5. The molecule has 2 amide bonds. The molecule has 2 aliphatic heterocycles. The van der Waals surface area contributed by atoms with Crippen LogP contribution in [0, 0.1) is 0 Å². The molecule has 164 valence electrons. The van der Waals surface area contributed by atoms with E-state index >= 15 is 0 Å². The molecule has 0 bridgehead atoms. The fraction of sp³-hybridized carbons (Fsp3) is 0.300. The van der Waals surface area contributed by atoms with Gasteiger partial charge in [-0.1, -0.05) is 23.2 Å². The summed E-state index contributed by atoms with van der Waals surface area (Å²) in [5.74, 6) is -0.111. The average molecular weight is 465 g/mol. The third kappa shape index (κ3) is 5.92. The average Bonchev–Trinajstić information content (AvgIpc) is 3.34. The number of nitrogens with zero attached hydrogens (tertiary/aromatic N) is 1. The summed E-state index contributed by atoms with van der Waals surface area (Å²) in [6, 6.07) is 10.5. The Balaban J connectivity index is 1.19. The second-order valence-corrected chi connectivity index (χ2v) is 8.28. The number of alkyl carbamates (subject to hydrolysis) is 1. The number of hydrazine groups is 2. The molecule has 0 saturated carbocycles. The molecule has 9 nitrogen and oxygen atoms in total. The summed E-state index contributed by atoms with van der Waals surface area (Å²) in [7, 11) is 0. The molecule has 1 saturated heterocycles. The van der Waals surface area contributed by atoms with E-state index in [1.54, 1.807) is 18.2 Å². The summed E-state index contributed by atoms with van der Waals surface area (Å²) in [6.07, 6.45) is 0.228. The number of rotatable bonds is 6. The lowest BCUT2D eigenvalue weighted by Gasteiger charge is -2.16. The Kier molecular flexibility index (Phi) is 6.67. The highest BCUT2D eigenvalue weighted by Crippen LogP contribution is 2.27. The Bertz CT molecular complexity index is 969. The maximum absolute atomic E-state index is 12.4. The summed E-state index contributed by atoms with van der Waals surface area (Å²) >= 11 is 11.9. The molecular formula is C20H22Cl2N6O3. The van der Waals surface area contributed by atoms with Crippen LogP contribution in [0.15, 0.2) is 36.4 Å². The lowest BCUT2D eigenvalue weighted by Crippen LogP contribution is -2.39. The minimum Gasteiger partial charge on any atom is -0.445 e. The molecule has 2 aliphatic rings.